The number of urea groups is 1. The van der Waals surface area contributed by atoms with Crippen molar-refractivity contribution < 1.29 is 60.7 Å². The first-order chi connectivity index (χ1) is 23.2. The molecular formula is C24H39N8O13P3S. The number of hydrogen-bond acceptors (Lipinski definition) is 14. The van der Waals surface area contributed by atoms with E-state index in [-0.39, 0.29) is 24.0 Å². The van der Waals surface area contributed by atoms with Gasteiger partial charge in [0.25, 0.3) is 0 Å². The highest BCUT2D eigenvalue weighted by Gasteiger charge is 2.43. The molecule has 0 aromatic carbocycles. The number of rotatable bonds is 19. The van der Waals surface area contributed by atoms with Gasteiger partial charge in [0.2, 0.25) is 5.91 Å². The number of anilines is 1. The van der Waals surface area contributed by atoms with Crippen molar-refractivity contribution in [3.8, 4) is 0 Å². The molecular weight excluding hydrogens is 733 g/mol. The lowest BCUT2D eigenvalue weighted by atomic mass is 10.0. The largest absolute Gasteiger partial charge is 0.490 e. The van der Waals surface area contributed by atoms with Crippen molar-refractivity contribution in [2.75, 3.05) is 30.8 Å². The number of carbonyl (C=O) groups excluding carboxylic acids is 2. The zero-order valence-electron chi connectivity index (χ0n) is 26.0. The van der Waals surface area contributed by atoms with Crippen LogP contribution in [0, 0.1) is 0 Å². The van der Waals surface area contributed by atoms with Gasteiger partial charge in [-0.25, -0.2) is 33.1 Å². The fourth-order valence-corrected chi connectivity index (χ4v) is 10.3. The van der Waals surface area contributed by atoms with Crippen LogP contribution >= 0.6 is 35.2 Å². The molecule has 0 aliphatic carbocycles. The molecule has 3 amide bonds. The Bertz CT molecular complexity index is 1630. The molecule has 274 valence electrons. The number of thioether (sulfide) groups is 1. The predicted octanol–water partition coefficient (Wildman–Crippen LogP) is 1.88. The minimum Gasteiger partial charge on any atom is -0.369 e. The monoisotopic (exact) mass is 772 g/mol. The van der Waals surface area contributed by atoms with E-state index in [1.54, 1.807) is 6.20 Å². The van der Waals surface area contributed by atoms with E-state index in [2.05, 4.69) is 49.5 Å². The van der Waals surface area contributed by atoms with Gasteiger partial charge >= 0.3 is 29.5 Å². The highest BCUT2D eigenvalue weighted by molar-refractivity contribution is 8.00. The van der Waals surface area contributed by atoms with Gasteiger partial charge in [-0.05, 0) is 38.5 Å². The predicted molar refractivity (Wildman–Crippen MR) is 173 cm³/mol. The van der Waals surface area contributed by atoms with Crippen LogP contribution in [0.5, 0.6) is 0 Å². The van der Waals surface area contributed by atoms with Crippen LogP contribution in [0.15, 0.2) is 12.5 Å². The zero-order chi connectivity index (χ0) is 35.2. The third-order valence-electron chi connectivity index (χ3n) is 7.89. The van der Waals surface area contributed by atoms with Crippen LogP contribution in [0.4, 0.5) is 10.6 Å². The lowest BCUT2D eigenvalue weighted by Gasteiger charge is -2.18. The van der Waals surface area contributed by atoms with Crippen molar-refractivity contribution >= 4 is 64.0 Å². The fourth-order valence-electron chi connectivity index (χ4n) is 5.73. The van der Waals surface area contributed by atoms with Crippen LogP contribution in [0.2, 0.25) is 0 Å². The number of aromatic nitrogens is 4. The number of nitrogens with zero attached hydrogens (tertiary/aromatic N) is 4. The Hall–Kier alpha value is -2.19. The third kappa shape index (κ3) is 11.1. The van der Waals surface area contributed by atoms with Crippen LogP contribution in [0.1, 0.15) is 57.6 Å². The van der Waals surface area contributed by atoms with Gasteiger partial charge in [0, 0.05) is 30.5 Å². The second-order valence-electron chi connectivity index (χ2n) is 11.6. The first-order valence-corrected chi connectivity index (χ1v) is 21.1. The number of carbonyl (C=O) groups is 2. The van der Waals surface area contributed by atoms with E-state index in [4.69, 9.17) is 14.5 Å². The van der Waals surface area contributed by atoms with Crippen molar-refractivity contribution in [2.45, 2.75) is 81.0 Å². The topological polar surface area (TPSA) is 295 Å². The number of amides is 3. The Morgan fingerprint density at radius 1 is 1.04 bits per heavy atom. The molecule has 3 saturated heterocycles. The van der Waals surface area contributed by atoms with Crippen molar-refractivity contribution in [3.63, 3.8) is 0 Å². The quantitative estimate of drug-likeness (QED) is 0.0574. The lowest BCUT2D eigenvalue weighted by molar-refractivity contribution is -0.121. The molecule has 25 heteroatoms. The molecule has 5 heterocycles. The molecule has 2 aromatic heterocycles. The summed E-state index contributed by atoms with van der Waals surface area (Å²) in [5.74, 6) is 1.51. The second-order valence-corrected chi connectivity index (χ2v) is 17.3. The zero-order valence-corrected chi connectivity index (χ0v) is 29.5. The third-order valence-corrected chi connectivity index (χ3v) is 13.2. The van der Waals surface area contributed by atoms with Gasteiger partial charge < -0.3 is 45.6 Å². The molecule has 21 nitrogen and oxygen atoms in total. The van der Waals surface area contributed by atoms with Crippen molar-refractivity contribution in [2.24, 2.45) is 0 Å². The first-order valence-electron chi connectivity index (χ1n) is 15.5. The highest BCUT2D eigenvalue weighted by atomic mass is 32.2. The van der Waals surface area contributed by atoms with E-state index in [9.17, 15) is 33.1 Å². The summed E-state index contributed by atoms with van der Waals surface area (Å²) in [7, 11) is -16.4. The standard InChI is InChI=1S/C24H39N8O13P3S/c33-19(6-2-1-5-18-21-17(13-49-18)30-24(34)31-21)25-9-3-4-10-26-22-16-11-29-32(23(16)28-14-27-22)20-8-7-15(43-20)12-42-47(38,39)45-48(40,41)44-46(35,36)37/h11,14-15,17-18,20-21H,1-10,12-13H2,(H,25,33)(H,38,39)(H,40,41)(H,26,27,28)(H2,30,31,34)(H2,35,36,37)/t15-,17-,18?,20+,21-/m0/s1. The van der Waals surface area contributed by atoms with Crippen LogP contribution in [-0.4, -0.2) is 100 Å². The molecule has 3 aliphatic heterocycles. The summed E-state index contributed by atoms with van der Waals surface area (Å²) in [6, 6.07) is 0.296. The van der Waals surface area contributed by atoms with Crippen molar-refractivity contribution in [1.29, 1.82) is 0 Å². The van der Waals surface area contributed by atoms with Gasteiger partial charge in [0.05, 0.1) is 36.4 Å². The number of unbranched alkanes of at least 4 members (excludes halogenated alkanes) is 2. The second kappa shape index (κ2) is 16.4. The average Bonchev–Trinajstić information content (AvgIpc) is 3.79. The molecule has 0 bridgehead atoms. The van der Waals surface area contributed by atoms with E-state index < -0.39 is 42.4 Å². The smallest absolute Gasteiger partial charge is 0.369 e. The first kappa shape index (κ1) is 38.1. The molecule has 2 aromatic rings. The van der Waals surface area contributed by atoms with E-state index >= 15 is 0 Å². The SMILES string of the molecule is O=C(CCCCC1SC[C@@H]2NC(=O)N[C@H]12)NCCCCNc1ncnc2c1cnn2[C@H]1CC[C@@H](COP(=O)(O)OP(=O)(O)OP(=O)(O)O)O1. The van der Waals surface area contributed by atoms with Gasteiger partial charge in [0.1, 0.15) is 12.1 Å². The maximum Gasteiger partial charge on any atom is 0.490 e. The number of phosphoric acid groups is 3. The summed E-state index contributed by atoms with van der Waals surface area (Å²) in [5.41, 5.74) is 0.472. The Balaban J connectivity index is 0.976. The maximum absolute atomic E-state index is 12.2. The molecule has 3 unspecified atom stereocenters. The molecule has 49 heavy (non-hydrogen) atoms. The summed E-state index contributed by atoms with van der Waals surface area (Å²) >= 11 is 1.87. The molecule has 0 radical (unpaired) electrons. The maximum atomic E-state index is 12.2. The number of fused-ring (bicyclic) bond motifs is 2. The van der Waals surface area contributed by atoms with E-state index in [1.165, 1.54) is 11.0 Å². The van der Waals surface area contributed by atoms with E-state index in [0.717, 1.165) is 37.9 Å². The van der Waals surface area contributed by atoms with Crippen LogP contribution in [0.25, 0.3) is 11.0 Å². The Morgan fingerprint density at radius 2 is 1.84 bits per heavy atom. The fraction of sp³-hybridized carbons (Fsp3) is 0.708. The summed E-state index contributed by atoms with van der Waals surface area (Å²) in [5, 5.41) is 17.5. The molecule has 0 saturated carbocycles. The van der Waals surface area contributed by atoms with Gasteiger partial charge in [-0.3, -0.25) is 9.32 Å². The van der Waals surface area contributed by atoms with Crippen molar-refractivity contribution in [3.05, 3.63) is 12.5 Å². The van der Waals surface area contributed by atoms with Gasteiger partial charge in [0.15, 0.2) is 11.9 Å². The summed E-state index contributed by atoms with van der Waals surface area (Å²) in [6.45, 7) is 0.588. The molecule has 8 N–H and O–H groups in total. The normalized spacial score (nSPS) is 26.1. The highest BCUT2D eigenvalue weighted by Crippen LogP contribution is 2.66. The summed E-state index contributed by atoms with van der Waals surface area (Å²) in [6.07, 6.45) is 7.02. The van der Waals surface area contributed by atoms with E-state index in [0.29, 0.717) is 54.5 Å². The number of ether oxygens (including phenoxy) is 1. The summed E-state index contributed by atoms with van der Waals surface area (Å²) < 4.78 is 53.7. The molecule has 3 fully saturated rings. The Morgan fingerprint density at radius 3 is 2.63 bits per heavy atom. The van der Waals surface area contributed by atoms with Crippen LogP contribution in [-0.2, 0) is 36.4 Å². The number of phosphoric ester groups is 1. The average molecular weight is 773 g/mol. The Labute approximate surface area is 284 Å². The summed E-state index contributed by atoms with van der Waals surface area (Å²) in [4.78, 5) is 68.6. The lowest BCUT2D eigenvalue weighted by Crippen LogP contribution is -2.36. The molecule has 0 spiro atoms. The van der Waals surface area contributed by atoms with Crippen LogP contribution < -0.4 is 21.3 Å². The van der Waals surface area contributed by atoms with Gasteiger partial charge in [-0.2, -0.15) is 25.5 Å². The van der Waals surface area contributed by atoms with E-state index in [1.807, 2.05) is 11.8 Å². The van der Waals surface area contributed by atoms with Crippen molar-refractivity contribution in [1.82, 2.24) is 35.7 Å². The minimum absolute atomic E-state index is 0.0241. The van der Waals surface area contributed by atoms with Crippen LogP contribution in [0.3, 0.4) is 0 Å². The van der Waals surface area contributed by atoms with Gasteiger partial charge in [-0.15, -0.1) is 0 Å². The number of nitrogens with one attached hydrogen (secondary N) is 4. The minimum atomic E-state index is -5.61. The van der Waals surface area contributed by atoms with Gasteiger partial charge in [-0.1, -0.05) is 6.42 Å². The Kier molecular flexibility index (Phi) is 12.8. The molecule has 3 aliphatic rings. The number of hydrogen-bond donors (Lipinski definition) is 8. The molecule has 7 atom stereocenters. The molecule has 5 rings (SSSR count).